The number of benzene rings is 2. The molecule has 5 nitrogen and oxygen atoms in total. The van der Waals surface area contributed by atoms with Crippen LogP contribution in [-0.2, 0) is 10.0 Å². The minimum atomic E-state index is -3.59. The molecule has 1 amide bonds. The minimum Gasteiger partial charge on any atom is -0.322 e. The van der Waals surface area contributed by atoms with E-state index in [2.05, 4.69) is 10.0 Å². The quantitative estimate of drug-likeness (QED) is 0.836. The molecule has 0 spiro atoms. The highest BCUT2D eigenvalue weighted by Crippen LogP contribution is 2.20. The van der Waals surface area contributed by atoms with Crippen LogP contribution in [0.15, 0.2) is 53.4 Å². The van der Waals surface area contributed by atoms with Crippen LogP contribution in [0.4, 0.5) is 10.1 Å². The summed E-state index contributed by atoms with van der Waals surface area (Å²) in [6, 6.07) is 11.2. The molecule has 138 valence electrons. The lowest BCUT2D eigenvalue weighted by molar-refractivity contribution is 0.102. The first-order valence-corrected chi connectivity index (χ1v) is 10.1. The minimum absolute atomic E-state index is 0.0183. The van der Waals surface area contributed by atoms with E-state index in [1.807, 2.05) is 0 Å². The average molecular weight is 376 g/mol. The van der Waals surface area contributed by atoms with Gasteiger partial charge >= 0.3 is 0 Å². The van der Waals surface area contributed by atoms with E-state index in [1.165, 1.54) is 48.5 Å². The van der Waals surface area contributed by atoms with Crippen molar-refractivity contribution < 1.29 is 17.6 Å². The molecule has 2 N–H and O–H groups in total. The number of amides is 1. The Labute approximate surface area is 152 Å². The molecular weight excluding hydrogens is 355 g/mol. The Hall–Kier alpha value is -2.25. The van der Waals surface area contributed by atoms with Crippen LogP contribution >= 0.6 is 0 Å². The van der Waals surface area contributed by atoms with Gasteiger partial charge in [-0.1, -0.05) is 19.3 Å². The molecule has 2 aromatic carbocycles. The highest BCUT2D eigenvalue weighted by atomic mass is 32.2. The fourth-order valence-corrected chi connectivity index (χ4v) is 4.33. The second kappa shape index (κ2) is 7.97. The van der Waals surface area contributed by atoms with Crippen LogP contribution in [0.3, 0.4) is 0 Å². The molecule has 0 saturated heterocycles. The Kier molecular flexibility index (Phi) is 5.68. The van der Waals surface area contributed by atoms with Crippen LogP contribution in [0.1, 0.15) is 42.5 Å². The van der Waals surface area contributed by atoms with Crippen molar-refractivity contribution >= 4 is 21.6 Å². The van der Waals surface area contributed by atoms with Gasteiger partial charge in [-0.05, 0) is 61.4 Å². The number of carbonyl (C=O) groups excluding carboxylic acids is 1. The van der Waals surface area contributed by atoms with Gasteiger partial charge in [0.25, 0.3) is 5.91 Å². The maximum Gasteiger partial charge on any atom is 0.255 e. The standard InChI is InChI=1S/C19H21FN2O3S/c20-15-8-10-16(11-9-15)21-19(23)14-6-12-18(13-7-14)26(24,25)22-17-4-2-1-3-5-17/h6-13,17,22H,1-5H2,(H,21,23). The second-order valence-corrected chi connectivity index (χ2v) is 8.16. The summed E-state index contributed by atoms with van der Waals surface area (Å²) in [5, 5.41) is 2.64. The summed E-state index contributed by atoms with van der Waals surface area (Å²) in [7, 11) is -3.59. The third kappa shape index (κ3) is 4.68. The van der Waals surface area contributed by atoms with Crippen molar-refractivity contribution in [3.8, 4) is 0 Å². The van der Waals surface area contributed by atoms with Gasteiger partial charge in [0.15, 0.2) is 0 Å². The highest BCUT2D eigenvalue weighted by molar-refractivity contribution is 7.89. The number of nitrogens with one attached hydrogen (secondary N) is 2. The van der Waals surface area contributed by atoms with E-state index in [9.17, 15) is 17.6 Å². The predicted octanol–water partition coefficient (Wildman–Crippen LogP) is 3.69. The molecule has 0 aliphatic heterocycles. The molecule has 3 rings (SSSR count). The number of hydrogen-bond donors (Lipinski definition) is 2. The van der Waals surface area contributed by atoms with Gasteiger partial charge in [-0.15, -0.1) is 0 Å². The molecule has 1 saturated carbocycles. The van der Waals surface area contributed by atoms with E-state index in [0.717, 1.165) is 32.1 Å². The molecule has 26 heavy (non-hydrogen) atoms. The van der Waals surface area contributed by atoms with Gasteiger partial charge in [0.2, 0.25) is 10.0 Å². The molecular formula is C19H21FN2O3S. The number of carbonyl (C=O) groups is 1. The first-order valence-electron chi connectivity index (χ1n) is 8.63. The second-order valence-electron chi connectivity index (χ2n) is 6.44. The zero-order chi connectivity index (χ0) is 18.6. The van der Waals surface area contributed by atoms with E-state index in [4.69, 9.17) is 0 Å². The van der Waals surface area contributed by atoms with Gasteiger partial charge in [-0.2, -0.15) is 0 Å². The van der Waals surface area contributed by atoms with Crippen LogP contribution in [0.5, 0.6) is 0 Å². The van der Waals surface area contributed by atoms with Gasteiger partial charge in [-0.25, -0.2) is 17.5 Å². The van der Waals surface area contributed by atoms with Gasteiger partial charge in [-0.3, -0.25) is 4.79 Å². The molecule has 1 aliphatic carbocycles. The van der Waals surface area contributed by atoms with E-state index in [-0.39, 0.29) is 22.7 Å². The van der Waals surface area contributed by atoms with Crippen LogP contribution in [-0.4, -0.2) is 20.4 Å². The molecule has 1 aliphatic rings. The summed E-state index contributed by atoms with van der Waals surface area (Å²) in [6.45, 7) is 0. The maximum atomic E-state index is 12.9. The van der Waals surface area contributed by atoms with E-state index >= 15 is 0 Å². The topological polar surface area (TPSA) is 75.3 Å². The molecule has 0 atom stereocenters. The monoisotopic (exact) mass is 376 g/mol. The number of anilines is 1. The van der Waals surface area contributed by atoms with Crippen LogP contribution < -0.4 is 10.0 Å². The Balaban J connectivity index is 1.67. The molecule has 1 fully saturated rings. The first-order chi connectivity index (χ1) is 12.4. The fraction of sp³-hybridized carbons (Fsp3) is 0.316. The number of sulfonamides is 1. The van der Waals surface area contributed by atoms with Gasteiger partial charge < -0.3 is 5.32 Å². The molecule has 0 aromatic heterocycles. The lowest BCUT2D eigenvalue weighted by atomic mass is 9.96. The SMILES string of the molecule is O=C(Nc1ccc(F)cc1)c1ccc(S(=O)(=O)NC2CCCCC2)cc1. The normalized spacial score (nSPS) is 15.6. The molecule has 7 heteroatoms. The average Bonchev–Trinajstić information content (AvgIpc) is 2.64. The van der Waals surface area contributed by atoms with Crippen LogP contribution in [0, 0.1) is 5.82 Å². The fourth-order valence-electron chi connectivity index (χ4n) is 3.03. The lowest BCUT2D eigenvalue weighted by Crippen LogP contribution is -2.36. The van der Waals surface area contributed by atoms with Crippen molar-refractivity contribution in [3.63, 3.8) is 0 Å². The molecule has 0 unspecified atom stereocenters. The zero-order valence-corrected chi connectivity index (χ0v) is 15.1. The van der Waals surface area contributed by atoms with Crippen molar-refractivity contribution in [1.29, 1.82) is 0 Å². The molecule has 2 aromatic rings. The van der Waals surface area contributed by atoms with E-state index < -0.39 is 10.0 Å². The summed E-state index contributed by atoms with van der Waals surface area (Å²) < 4.78 is 40.6. The summed E-state index contributed by atoms with van der Waals surface area (Å²) >= 11 is 0. The van der Waals surface area contributed by atoms with E-state index in [0.29, 0.717) is 11.3 Å². The number of halogens is 1. The first kappa shape index (κ1) is 18.5. The maximum absolute atomic E-state index is 12.9. The predicted molar refractivity (Wildman–Crippen MR) is 98.0 cm³/mol. The molecule has 0 bridgehead atoms. The smallest absolute Gasteiger partial charge is 0.255 e. The summed E-state index contributed by atoms with van der Waals surface area (Å²) in [6.07, 6.45) is 4.94. The number of rotatable bonds is 5. The van der Waals surface area contributed by atoms with Crippen molar-refractivity contribution in [1.82, 2.24) is 4.72 Å². The molecule has 0 heterocycles. The van der Waals surface area contributed by atoms with Crippen molar-refractivity contribution in [2.45, 2.75) is 43.0 Å². The van der Waals surface area contributed by atoms with Gasteiger partial charge in [0.05, 0.1) is 4.90 Å². The number of hydrogen-bond acceptors (Lipinski definition) is 3. The van der Waals surface area contributed by atoms with Crippen molar-refractivity contribution in [2.24, 2.45) is 0 Å². The van der Waals surface area contributed by atoms with Gasteiger partial charge in [0, 0.05) is 17.3 Å². The molecule has 0 radical (unpaired) electrons. The third-order valence-electron chi connectivity index (χ3n) is 4.46. The van der Waals surface area contributed by atoms with Crippen LogP contribution in [0.25, 0.3) is 0 Å². The Bertz CT molecular complexity index is 859. The summed E-state index contributed by atoms with van der Waals surface area (Å²) in [5.41, 5.74) is 0.790. The Morgan fingerprint density at radius 3 is 2.15 bits per heavy atom. The van der Waals surface area contributed by atoms with Crippen molar-refractivity contribution in [2.75, 3.05) is 5.32 Å². The van der Waals surface area contributed by atoms with Crippen LogP contribution in [0.2, 0.25) is 0 Å². The summed E-state index contributed by atoms with van der Waals surface area (Å²) in [5.74, 6) is -0.774. The lowest BCUT2D eigenvalue weighted by Gasteiger charge is -2.22. The summed E-state index contributed by atoms with van der Waals surface area (Å²) in [4.78, 5) is 12.3. The van der Waals surface area contributed by atoms with Crippen molar-refractivity contribution in [3.05, 3.63) is 59.9 Å². The van der Waals surface area contributed by atoms with E-state index in [1.54, 1.807) is 0 Å². The Morgan fingerprint density at radius 1 is 0.923 bits per heavy atom. The highest BCUT2D eigenvalue weighted by Gasteiger charge is 2.22. The largest absolute Gasteiger partial charge is 0.322 e. The zero-order valence-electron chi connectivity index (χ0n) is 14.2. The third-order valence-corrected chi connectivity index (χ3v) is 5.99. The van der Waals surface area contributed by atoms with Gasteiger partial charge in [0.1, 0.15) is 5.82 Å². The Morgan fingerprint density at radius 2 is 1.54 bits per heavy atom.